The molecule has 0 aliphatic heterocycles. The van der Waals surface area contributed by atoms with Crippen LogP contribution in [0.3, 0.4) is 0 Å². The van der Waals surface area contributed by atoms with Crippen LogP contribution in [-0.2, 0) is 0 Å². The topological polar surface area (TPSA) is 77.2 Å². The van der Waals surface area contributed by atoms with Gasteiger partial charge in [0.25, 0.3) is 0 Å². The van der Waals surface area contributed by atoms with Crippen LogP contribution in [0.2, 0.25) is 0 Å². The third-order valence-electron chi connectivity index (χ3n) is 3.01. The fourth-order valence-electron chi connectivity index (χ4n) is 1.92. The van der Waals surface area contributed by atoms with E-state index < -0.39 is 17.6 Å². The van der Waals surface area contributed by atoms with E-state index in [0.717, 1.165) is 17.1 Å². The minimum Gasteiger partial charge on any atom is -0.476 e. The summed E-state index contributed by atoms with van der Waals surface area (Å²) in [5.74, 6) is -2.75. The first-order chi connectivity index (χ1) is 11.0. The molecule has 0 saturated heterocycles. The number of carboxylic acids is 1. The Morgan fingerprint density at radius 1 is 1.13 bits per heavy atom. The highest BCUT2D eigenvalue weighted by Gasteiger charge is 2.11. The Labute approximate surface area is 128 Å². The quantitative estimate of drug-likeness (QED) is 0.800. The Bertz CT molecular complexity index is 863. The molecule has 1 aromatic heterocycles. The molecular formula is C15H9F2N3O3. The number of carbonyl (C=O) groups is 1. The third kappa shape index (κ3) is 3.00. The average molecular weight is 317 g/mol. The number of aromatic nitrogens is 3. The number of hydrogen-bond donors (Lipinski definition) is 1. The number of benzene rings is 2. The van der Waals surface area contributed by atoms with Gasteiger partial charge in [-0.2, -0.15) is 0 Å². The zero-order chi connectivity index (χ0) is 16.4. The largest absolute Gasteiger partial charge is 0.476 e. The summed E-state index contributed by atoms with van der Waals surface area (Å²) in [6.07, 6.45) is 1.10. The van der Waals surface area contributed by atoms with E-state index in [-0.39, 0.29) is 11.3 Å². The molecule has 23 heavy (non-hydrogen) atoms. The first-order valence-electron chi connectivity index (χ1n) is 6.43. The van der Waals surface area contributed by atoms with E-state index in [4.69, 9.17) is 9.94 Å². The molecule has 1 N–H and O–H groups in total. The molecule has 0 spiro atoms. The minimum absolute atomic E-state index is 0.130. The fraction of sp³-hybridized carbons (Fsp3) is 0. The first kappa shape index (κ1) is 14.6. The summed E-state index contributed by atoms with van der Waals surface area (Å²) in [6, 6.07) is 10.0. The number of carboxylic acid groups (broad SMARTS) is 1. The van der Waals surface area contributed by atoms with Crippen molar-refractivity contribution in [2.45, 2.75) is 0 Å². The highest BCUT2D eigenvalue weighted by Crippen LogP contribution is 2.26. The predicted octanol–water partition coefficient (Wildman–Crippen LogP) is 2.76. The van der Waals surface area contributed by atoms with Gasteiger partial charge in [-0.25, -0.2) is 13.6 Å². The molecule has 2 aromatic carbocycles. The van der Waals surface area contributed by atoms with E-state index in [1.807, 2.05) is 0 Å². The number of aromatic carboxylic acids is 1. The van der Waals surface area contributed by atoms with E-state index in [1.165, 1.54) is 24.3 Å². The second kappa shape index (κ2) is 5.84. The lowest BCUT2D eigenvalue weighted by Crippen LogP contribution is -2.05. The van der Waals surface area contributed by atoms with E-state index in [1.54, 1.807) is 12.1 Å². The van der Waals surface area contributed by atoms with E-state index in [0.29, 0.717) is 11.3 Å². The summed E-state index contributed by atoms with van der Waals surface area (Å²) in [5.41, 5.74) is 0.341. The Hall–Kier alpha value is -3.29. The summed E-state index contributed by atoms with van der Waals surface area (Å²) >= 11 is 0. The molecule has 0 aliphatic carbocycles. The molecule has 1 heterocycles. The Morgan fingerprint density at radius 3 is 2.52 bits per heavy atom. The Kier molecular flexibility index (Phi) is 3.71. The maximum atomic E-state index is 13.7. The first-order valence-corrected chi connectivity index (χ1v) is 6.43. The number of nitrogens with zero attached hydrogens (tertiary/aromatic N) is 3. The van der Waals surface area contributed by atoms with E-state index in [2.05, 4.69) is 10.3 Å². The molecule has 3 aromatic rings. The van der Waals surface area contributed by atoms with Crippen molar-refractivity contribution in [2.75, 3.05) is 0 Å². The fourth-order valence-corrected chi connectivity index (χ4v) is 1.92. The molecule has 3 rings (SSSR count). The molecule has 0 saturated carbocycles. The molecule has 6 nitrogen and oxygen atoms in total. The molecule has 116 valence electrons. The normalized spacial score (nSPS) is 10.5. The number of rotatable bonds is 4. The summed E-state index contributed by atoms with van der Waals surface area (Å²) in [4.78, 5) is 16.8. The molecule has 0 bridgehead atoms. The highest BCUT2D eigenvalue weighted by molar-refractivity contribution is 5.84. The summed E-state index contributed by atoms with van der Waals surface area (Å²) < 4.78 is 27.0. The summed E-state index contributed by atoms with van der Waals surface area (Å²) in [6.45, 7) is 0. The maximum Gasteiger partial charge on any atom is 0.358 e. The van der Waals surface area contributed by atoms with E-state index >= 15 is 0 Å². The molecule has 0 aliphatic rings. The van der Waals surface area contributed by atoms with Gasteiger partial charge in [0.15, 0.2) is 23.1 Å². The Balaban J connectivity index is 1.81. The molecular weight excluding hydrogens is 308 g/mol. The lowest BCUT2D eigenvalue weighted by Gasteiger charge is -2.06. The van der Waals surface area contributed by atoms with Crippen LogP contribution in [0.5, 0.6) is 5.75 Å². The molecule has 0 amide bonds. The smallest absolute Gasteiger partial charge is 0.358 e. The van der Waals surface area contributed by atoms with Gasteiger partial charge in [0.05, 0.1) is 0 Å². The standard InChI is InChI=1S/C15H9F2N3O3/c16-12-3-1-2-11(14(12)17)9-4-6-10(7-5-9)23-20-8-13(15(21)22)18-19-20/h1-8H,(H,21,22). The molecule has 0 radical (unpaired) electrons. The lowest BCUT2D eigenvalue weighted by atomic mass is 10.1. The number of halogens is 2. The van der Waals surface area contributed by atoms with Gasteiger partial charge < -0.3 is 9.94 Å². The van der Waals surface area contributed by atoms with Crippen molar-refractivity contribution in [1.82, 2.24) is 15.2 Å². The van der Waals surface area contributed by atoms with Crippen molar-refractivity contribution in [1.29, 1.82) is 0 Å². The van der Waals surface area contributed by atoms with Crippen molar-refractivity contribution < 1.29 is 23.5 Å². The second-order valence-electron chi connectivity index (χ2n) is 4.53. The van der Waals surface area contributed by atoms with Crippen LogP contribution in [0.4, 0.5) is 8.78 Å². The van der Waals surface area contributed by atoms with Crippen LogP contribution in [0.15, 0.2) is 48.7 Å². The van der Waals surface area contributed by atoms with Crippen molar-refractivity contribution in [3.63, 3.8) is 0 Å². The van der Waals surface area contributed by atoms with Gasteiger partial charge in [0.1, 0.15) is 6.20 Å². The average Bonchev–Trinajstić information content (AvgIpc) is 3.00. The van der Waals surface area contributed by atoms with E-state index in [9.17, 15) is 13.6 Å². The van der Waals surface area contributed by atoms with Crippen LogP contribution < -0.4 is 4.84 Å². The van der Waals surface area contributed by atoms with Crippen LogP contribution >= 0.6 is 0 Å². The van der Waals surface area contributed by atoms with Crippen LogP contribution in [0.25, 0.3) is 11.1 Å². The number of hydrogen-bond acceptors (Lipinski definition) is 4. The zero-order valence-electron chi connectivity index (χ0n) is 11.5. The van der Waals surface area contributed by atoms with Crippen molar-refractivity contribution in [2.24, 2.45) is 0 Å². The monoisotopic (exact) mass is 317 g/mol. The van der Waals surface area contributed by atoms with Gasteiger partial charge in [-0.3, -0.25) is 0 Å². The van der Waals surface area contributed by atoms with Gasteiger partial charge in [0.2, 0.25) is 0 Å². The van der Waals surface area contributed by atoms with Crippen LogP contribution in [0, 0.1) is 11.6 Å². The molecule has 0 unspecified atom stereocenters. The molecule has 8 heteroatoms. The second-order valence-corrected chi connectivity index (χ2v) is 4.53. The van der Waals surface area contributed by atoms with Gasteiger partial charge in [-0.05, 0) is 29.0 Å². The van der Waals surface area contributed by atoms with Crippen molar-refractivity contribution in [3.8, 4) is 16.9 Å². The maximum absolute atomic E-state index is 13.7. The highest BCUT2D eigenvalue weighted by atomic mass is 19.2. The van der Waals surface area contributed by atoms with Crippen LogP contribution in [-0.4, -0.2) is 26.2 Å². The third-order valence-corrected chi connectivity index (χ3v) is 3.01. The van der Waals surface area contributed by atoms with Gasteiger partial charge in [0, 0.05) is 5.56 Å². The van der Waals surface area contributed by atoms with Crippen molar-refractivity contribution >= 4 is 5.97 Å². The minimum atomic E-state index is -1.23. The SMILES string of the molecule is O=C(O)c1cn(Oc2ccc(-c3cccc(F)c3F)cc2)nn1. The predicted molar refractivity (Wildman–Crippen MR) is 74.8 cm³/mol. The van der Waals surface area contributed by atoms with Gasteiger partial charge in [-0.1, -0.05) is 29.1 Å². The van der Waals surface area contributed by atoms with Crippen molar-refractivity contribution in [3.05, 3.63) is 66.0 Å². The molecule has 0 atom stereocenters. The zero-order valence-corrected chi connectivity index (χ0v) is 11.5. The Morgan fingerprint density at radius 2 is 1.87 bits per heavy atom. The van der Waals surface area contributed by atoms with Gasteiger partial charge in [-0.15, -0.1) is 5.10 Å². The van der Waals surface area contributed by atoms with Gasteiger partial charge >= 0.3 is 5.97 Å². The molecule has 0 fully saturated rings. The van der Waals surface area contributed by atoms with Crippen LogP contribution in [0.1, 0.15) is 10.5 Å². The summed E-state index contributed by atoms with van der Waals surface area (Å²) in [5, 5.41) is 15.6. The lowest BCUT2D eigenvalue weighted by molar-refractivity contribution is 0.0689. The summed E-state index contributed by atoms with van der Waals surface area (Å²) in [7, 11) is 0.